The largest absolute Gasteiger partial charge is 0.354 e. The van der Waals surface area contributed by atoms with Crippen molar-refractivity contribution in [3.63, 3.8) is 0 Å². The number of benzene rings is 2. The van der Waals surface area contributed by atoms with E-state index in [1.807, 2.05) is 17.0 Å². The standard InChI is InChI=1S/C27H30N4O/c32-27(31-15-7-8-16-31)24-13-14-25(28-21-24)29-17-19-30(20-18-29)26(22-9-3-1-4-10-22)23-11-5-2-6-12-23/h1-6,9-14,21,26H,7-8,15-20H2. The number of amides is 1. The van der Waals surface area contributed by atoms with E-state index in [1.165, 1.54) is 11.1 Å². The Morgan fingerprint density at radius 2 is 1.31 bits per heavy atom. The van der Waals surface area contributed by atoms with Crippen molar-refractivity contribution in [2.24, 2.45) is 0 Å². The molecule has 0 unspecified atom stereocenters. The summed E-state index contributed by atoms with van der Waals surface area (Å²) in [4.78, 5) is 24.1. The molecular weight excluding hydrogens is 396 g/mol. The van der Waals surface area contributed by atoms with Gasteiger partial charge in [-0.1, -0.05) is 60.7 Å². The summed E-state index contributed by atoms with van der Waals surface area (Å²) in [5.41, 5.74) is 3.35. The molecule has 5 heteroatoms. The smallest absolute Gasteiger partial charge is 0.255 e. The van der Waals surface area contributed by atoms with E-state index in [0.717, 1.165) is 57.9 Å². The maximum Gasteiger partial charge on any atom is 0.255 e. The van der Waals surface area contributed by atoms with Gasteiger partial charge in [-0.25, -0.2) is 4.98 Å². The SMILES string of the molecule is O=C(c1ccc(N2CCN(C(c3ccccc3)c3ccccc3)CC2)nc1)N1CCCC1. The van der Waals surface area contributed by atoms with E-state index in [-0.39, 0.29) is 11.9 Å². The van der Waals surface area contributed by atoms with Gasteiger partial charge in [0.05, 0.1) is 11.6 Å². The first-order chi connectivity index (χ1) is 15.8. The first-order valence-electron chi connectivity index (χ1n) is 11.6. The molecule has 2 aliphatic rings. The van der Waals surface area contributed by atoms with Gasteiger partial charge in [0.15, 0.2) is 0 Å². The van der Waals surface area contributed by atoms with Gasteiger partial charge in [0, 0.05) is 45.5 Å². The van der Waals surface area contributed by atoms with Crippen LogP contribution in [0.1, 0.15) is 40.4 Å². The first kappa shape index (κ1) is 20.7. The van der Waals surface area contributed by atoms with Crippen LogP contribution in [0.5, 0.6) is 0 Å². The number of carbonyl (C=O) groups excluding carboxylic acids is 1. The molecule has 1 amide bonds. The highest BCUT2D eigenvalue weighted by Crippen LogP contribution is 2.30. The highest BCUT2D eigenvalue weighted by atomic mass is 16.2. The Morgan fingerprint density at radius 1 is 0.719 bits per heavy atom. The summed E-state index contributed by atoms with van der Waals surface area (Å²) in [7, 11) is 0. The van der Waals surface area contributed by atoms with Crippen LogP contribution in [-0.2, 0) is 0 Å². The van der Waals surface area contributed by atoms with Crippen LogP contribution in [0.3, 0.4) is 0 Å². The van der Waals surface area contributed by atoms with Gasteiger partial charge >= 0.3 is 0 Å². The molecule has 0 N–H and O–H groups in total. The Morgan fingerprint density at radius 3 is 1.84 bits per heavy atom. The summed E-state index contributed by atoms with van der Waals surface area (Å²) < 4.78 is 0. The molecule has 2 aromatic carbocycles. The minimum atomic E-state index is 0.111. The second-order valence-corrected chi connectivity index (χ2v) is 8.65. The monoisotopic (exact) mass is 426 g/mol. The van der Waals surface area contributed by atoms with E-state index in [1.54, 1.807) is 6.20 Å². The number of rotatable bonds is 5. The molecule has 2 fully saturated rings. The van der Waals surface area contributed by atoms with Crippen LogP contribution in [0.25, 0.3) is 0 Å². The van der Waals surface area contributed by atoms with Crippen molar-refractivity contribution in [1.82, 2.24) is 14.8 Å². The lowest BCUT2D eigenvalue weighted by Gasteiger charge is -2.40. The second kappa shape index (κ2) is 9.53. The van der Waals surface area contributed by atoms with Gasteiger partial charge in [-0.05, 0) is 36.1 Å². The number of anilines is 1. The van der Waals surface area contributed by atoms with Crippen LogP contribution >= 0.6 is 0 Å². The summed E-state index contributed by atoms with van der Waals surface area (Å²) >= 11 is 0. The topological polar surface area (TPSA) is 39.7 Å². The molecule has 5 nitrogen and oxygen atoms in total. The van der Waals surface area contributed by atoms with E-state index in [0.29, 0.717) is 5.56 Å². The van der Waals surface area contributed by atoms with Crippen LogP contribution in [0, 0.1) is 0 Å². The predicted octanol–water partition coefficient (Wildman–Crippen LogP) is 4.23. The molecule has 0 aliphatic carbocycles. The average molecular weight is 427 g/mol. The lowest BCUT2D eigenvalue weighted by Crippen LogP contribution is -2.48. The third kappa shape index (κ3) is 4.39. The zero-order valence-electron chi connectivity index (χ0n) is 18.4. The van der Waals surface area contributed by atoms with Crippen molar-refractivity contribution >= 4 is 11.7 Å². The van der Waals surface area contributed by atoms with E-state index < -0.39 is 0 Å². The third-order valence-electron chi connectivity index (χ3n) is 6.62. The van der Waals surface area contributed by atoms with Crippen molar-refractivity contribution in [3.05, 3.63) is 95.7 Å². The third-order valence-corrected chi connectivity index (χ3v) is 6.62. The van der Waals surface area contributed by atoms with Gasteiger partial charge in [0.2, 0.25) is 0 Å². The van der Waals surface area contributed by atoms with Gasteiger partial charge in [-0.2, -0.15) is 0 Å². The van der Waals surface area contributed by atoms with Crippen LogP contribution < -0.4 is 4.90 Å². The molecule has 0 saturated carbocycles. The number of hydrogen-bond donors (Lipinski definition) is 0. The predicted molar refractivity (Wildman–Crippen MR) is 128 cm³/mol. The first-order valence-corrected chi connectivity index (χ1v) is 11.6. The Bertz CT molecular complexity index is 969. The zero-order chi connectivity index (χ0) is 21.8. The molecule has 5 rings (SSSR count). The molecule has 0 atom stereocenters. The molecule has 32 heavy (non-hydrogen) atoms. The maximum atomic E-state index is 12.6. The zero-order valence-corrected chi connectivity index (χ0v) is 18.4. The molecule has 0 radical (unpaired) electrons. The van der Waals surface area contributed by atoms with Crippen molar-refractivity contribution in [3.8, 4) is 0 Å². The Balaban J connectivity index is 1.27. The number of hydrogen-bond acceptors (Lipinski definition) is 4. The Hall–Kier alpha value is -3.18. The quantitative estimate of drug-likeness (QED) is 0.612. The minimum Gasteiger partial charge on any atom is -0.354 e. The van der Waals surface area contributed by atoms with Crippen molar-refractivity contribution in [2.75, 3.05) is 44.2 Å². The number of likely N-dealkylation sites (tertiary alicyclic amines) is 1. The lowest BCUT2D eigenvalue weighted by atomic mass is 9.96. The van der Waals surface area contributed by atoms with Crippen LogP contribution in [0.2, 0.25) is 0 Å². The van der Waals surface area contributed by atoms with Gasteiger partial charge in [-0.3, -0.25) is 9.69 Å². The summed E-state index contributed by atoms with van der Waals surface area (Å²) in [5, 5.41) is 0. The molecule has 2 saturated heterocycles. The molecule has 0 spiro atoms. The summed E-state index contributed by atoms with van der Waals surface area (Å²) in [6, 6.07) is 25.7. The van der Waals surface area contributed by atoms with Crippen molar-refractivity contribution in [1.29, 1.82) is 0 Å². The van der Waals surface area contributed by atoms with Gasteiger partial charge < -0.3 is 9.80 Å². The Labute approximate surface area is 190 Å². The van der Waals surface area contributed by atoms with Crippen LogP contribution in [0.15, 0.2) is 79.0 Å². The molecule has 0 bridgehead atoms. The second-order valence-electron chi connectivity index (χ2n) is 8.65. The highest BCUT2D eigenvalue weighted by Gasteiger charge is 2.27. The fraction of sp³-hybridized carbons (Fsp3) is 0.333. The van der Waals surface area contributed by atoms with Gasteiger partial charge in [-0.15, -0.1) is 0 Å². The molecule has 2 aliphatic heterocycles. The normalized spacial score (nSPS) is 17.2. The molecule has 3 heterocycles. The molecule has 164 valence electrons. The number of carbonyl (C=O) groups is 1. The lowest BCUT2D eigenvalue weighted by molar-refractivity contribution is 0.0792. The summed E-state index contributed by atoms with van der Waals surface area (Å²) in [6.45, 7) is 5.50. The van der Waals surface area contributed by atoms with E-state index in [9.17, 15) is 4.79 Å². The number of pyridine rings is 1. The van der Waals surface area contributed by atoms with E-state index in [4.69, 9.17) is 0 Å². The number of aromatic nitrogens is 1. The summed E-state index contributed by atoms with van der Waals surface area (Å²) in [6.07, 6.45) is 3.96. The highest BCUT2D eigenvalue weighted by molar-refractivity contribution is 5.94. The van der Waals surface area contributed by atoms with Crippen LogP contribution in [-0.4, -0.2) is 60.0 Å². The van der Waals surface area contributed by atoms with Crippen LogP contribution in [0.4, 0.5) is 5.82 Å². The Kier molecular flexibility index (Phi) is 6.17. The van der Waals surface area contributed by atoms with E-state index >= 15 is 0 Å². The van der Waals surface area contributed by atoms with E-state index in [2.05, 4.69) is 75.4 Å². The summed E-state index contributed by atoms with van der Waals surface area (Å²) in [5.74, 6) is 1.07. The fourth-order valence-electron chi connectivity index (χ4n) is 4.90. The van der Waals surface area contributed by atoms with Gasteiger partial charge in [0.1, 0.15) is 5.82 Å². The maximum absolute atomic E-state index is 12.6. The van der Waals surface area contributed by atoms with Crippen molar-refractivity contribution in [2.45, 2.75) is 18.9 Å². The number of nitrogens with zero attached hydrogens (tertiary/aromatic N) is 4. The average Bonchev–Trinajstić information content (AvgIpc) is 3.41. The van der Waals surface area contributed by atoms with Gasteiger partial charge in [0.25, 0.3) is 5.91 Å². The molecule has 3 aromatic rings. The number of piperazine rings is 1. The molecular formula is C27H30N4O. The van der Waals surface area contributed by atoms with Crippen molar-refractivity contribution < 1.29 is 4.79 Å². The minimum absolute atomic E-state index is 0.111. The molecule has 1 aromatic heterocycles. The fourth-order valence-corrected chi connectivity index (χ4v) is 4.90.